The molecule has 0 radical (unpaired) electrons. The topological polar surface area (TPSA) is 47.7 Å². The Kier molecular flexibility index (Phi) is 5.62. The maximum Gasteiger partial charge on any atom is 0.119 e. The molecular weight excluding hydrogens is 264 g/mol. The van der Waals surface area contributed by atoms with Crippen molar-refractivity contribution >= 4 is 0 Å². The lowest BCUT2D eigenvalue weighted by Crippen LogP contribution is -2.49. The Morgan fingerprint density at radius 1 is 1.33 bits per heavy atom. The van der Waals surface area contributed by atoms with Gasteiger partial charge in [-0.2, -0.15) is 0 Å². The van der Waals surface area contributed by atoms with Gasteiger partial charge in [0.1, 0.15) is 5.75 Å². The first kappa shape index (κ1) is 16.3. The second-order valence-electron chi connectivity index (χ2n) is 6.10. The molecule has 4 nitrogen and oxygen atoms in total. The summed E-state index contributed by atoms with van der Waals surface area (Å²) in [4.78, 5) is 2.41. The number of methoxy groups -OCH3 is 1. The fourth-order valence-corrected chi connectivity index (χ4v) is 2.99. The molecular formula is C17H28N2O2. The van der Waals surface area contributed by atoms with Gasteiger partial charge in [-0.1, -0.05) is 12.1 Å². The number of ether oxygens (including phenoxy) is 2. The normalized spacial score (nSPS) is 24.8. The standard InChI is InChI=1S/C17H28N2O2/c1-4-21-15-8-6-14(7-9-15)16(18)12-19-11-5-10-17(2,13-19)20-3/h6-9,16H,4-5,10-13,18H2,1-3H3. The molecule has 2 N–H and O–H groups in total. The van der Waals surface area contributed by atoms with Gasteiger partial charge < -0.3 is 15.2 Å². The van der Waals surface area contributed by atoms with Crippen LogP contribution in [-0.4, -0.2) is 43.9 Å². The van der Waals surface area contributed by atoms with Gasteiger partial charge in [0.15, 0.2) is 0 Å². The average molecular weight is 292 g/mol. The quantitative estimate of drug-likeness (QED) is 0.875. The molecule has 1 aliphatic heterocycles. The molecule has 0 spiro atoms. The smallest absolute Gasteiger partial charge is 0.119 e. The van der Waals surface area contributed by atoms with Crippen LogP contribution in [0, 0.1) is 0 Å². The zero-order chi connectivity index (χ0) is 15.3. The first-order valence-electron chi connectivity index (χ1n) is 7.82. The minimum atomic E-state index is -0.0310. The summed E-state index contributed by atoms with van der Waals surface area (Å²) in [6.45, 7) is 7.78. The monoisotopic (exact) mass is 292 g/mol. The van der Waals surface area contributed by atoms with Crippen LogP contribution in [0.25, 0.3) is 0 Å². The number of nitrogens with zero attached hydrogens (tertiary/aromatic N) is 1. The lowest BCUT2D eigenvalue weighted by Gasteiger charge is -2.40. The van der Waals surface area contributed by atoms with E-state index in [0.717, 1.165) is 37.4 Å². The van der Waals surface area contributed by atoms with Crippen LogP contribution in [0.5, 0.6) is 5.75 Å². The summed E-state index contributed by atoms with van der Waals surface area (Å²) in [5.41, 5.74) is 7.48. The van der Waals surface area contributed by atoms with E-state index in [2.05, 4.69) is 24.0 Å². The van der Waals surface area contributed by atoms with Crippen LogP contribution in [0.3, 0.4) is 0 Å². The summed E-state index contributed by atoms with van der Waals surface area (Å²) in [6.07, 6.45) is 2.29. The highest BCUT2D eigenvalue weighted by Gasteiger charge is 2.31. The first-order chi connectivity index (χ1) is 10.1. The van der Waals surface area contributed by atoms with E-state index in [-0.39, 0.29) is 11.6 Å². The maximum atomic E-state index is 6.36. The maximum absolute atomic E-state index is 6.36. The molecule has 1 saturated heterocycles. The highest BCUT2D eigenvalue weighted by atomic mass is 16.5. The molecule has 1 heterocycles. The molecule has 0 bridgehead atoms. The second kappa shape index (κ2) is 7.25. The Morgan fingerprint density at radius 2 is 2.05 bits per heavy atom. The van der Waals surface area contributed by atoms with Crippen molar-refractivity contribution in [3.8, 4) is 5.75 Å². The summed E-state index contributed by atoms with van der Waals surface area (Å²) in [5.74, 6) is 0.901. The van der Waals surface area contributed by atoms with Gasteiger partial charge in [0.2, 0.25) is 0 Å². The minimum Gasteiger partial charge on any atom is -0.494 e. The number of benzene rings is 1. The van der Waals surface area contributed by atoms with Gasteiger partial charge in [0, 0.05) is 26.2 Å². The molecule has 1 aliphatic rings. The van der Waals surface area contributed by atoms with Crippen molar-refractivity contribution in [2.45, 2.75) is 38.3 Å². The van der Waals surface area contributed by atoms with Crippen molar-refractivity contribution in [2.24, 2.45) is 5.73 Å². The number of hydrogen-bond acceptors (Lipinski definition) is 4. The Morgan fingerprint density at radius 3 is 2.67 bits per heavy atom. The highest BCUT2D eigenvalue weighted by molar-refractivity contribution is 5.29. The summed E-state index contributed by atoms with van der Waals surface area (Å²) in [5, 5.41) is 0. The number of rotatable bonds is 6. The van der Waals surface area contributed by atoms with Crippen molar-refractivity contribution < 1.29 is 9.47 Å². The SMILES string of the molecule is CCOc1ccc(C(N)CN2CCCC(C)(OC)C2)cc1. The van der Waals surface area contributed by atoms with Crippen molar-refractivity contribution in [1.82, 2.24) is 4.90 Å². The summed E-state index contributed by atoms with van der Waals surface area (Å²) >= 11 is 0. The van der Waals surface area contributed by atoms with Crippen LogP contribution in [0.15, 0.2) is 24.3 Å². The summed E-state index contributed by atoms with van der Waals surface area (Å²) in [6, 6.07) is 8.15. The average Bonchev–Trinajstić information content (AvgIpc) is 2.48. The molecule has 0 aromatic heterocycles. The minimum absolute atomic E-state index is 0.0277. The molecule has 0 aliphatic carbocycles. The lowest BCUT2D eigenvalue weighted by atomic mass is 9.94. The largest absolute Gasteiger partial charge is 0.494 e. The van der Waals surface area contributed by atoms with Gasteiger partial charge in [-0.25, -0.2) is 0 Å². The van der Waals surface area contributed by atoms with E-state index in [1.807, 2.05) is 19.1 Å². The number of piperidine rings is 1. The molecule has 2 unspecified atom stereocenters. The molecule has 118 valence electrons. The van der Waals surface area contributed by atoms with Gasteiger partial charge in [0.05, 0.1) is 12.2 Å². The van der Waals surface area contributed by atoms with E-state index in [0.29, 0.717) is 6.61 Å². The third-order valence-corrected chi connectivity index (χ3v) is 4.30. The molecule has 21 heavy (non-hydrogen) atoms. The Bertz CT molecular complexity index is 435. The van der Waals surface area contributed by atoms with E-state index in [4.69, 9.17) is 15.2 Å². The van der Waals surface area contributed by atoms with Crippen LogP contribution in [0.1, 0.15) is 38.3 Å². The van der Waals surface area contributed by atoms with E-state index in [9.17, 15) is 0 Å². The van der Waals surface area contributed by atoms with Crippen LogP contribution >= 0.6 is 0 Å². The van der Waals surface area contributed by atoms with Gasteiger partial charge in [-0.3, -0.25) is 4.90 Å². The van der Waals surface area contributed by atoms with E-state index < -0.39 is 0 Å². The zero-order valence-corrected chi connectivity index (χ0v) is 13.5. The molecule has 0 amide bonds. The van der Waals surface area contributed by atoms with Crippen molar-refractivity contribution in [3.63, 3.8) is 0 Å². The molecule has 1 fully saturated rings. The van der Waals surface area contributed by atoms with Crippen LogP contribution in [0.2, 0.25) is 0 Å². The van der Waals surface area contributed by atoms with Crippen LogP contribution < -0.4 is 10.5 Å². The Balaban J connectivity index is 1.92. The van der Waals surface area contributed by atoms with E-state index in [1.165, 1.54) is 6.42 Å². The summed E-state index contributed by atoms with van der Waals surface area (Å²) in [7, 11) is 1.80. The van der Waals surface area contributed by atoms with Gasteiger partial charge >= 0.3 is 0 Å². The highest BCUT2D eigenvalue weighted by Crippen LogP contribution is 2.25. The number of likely N-dealkylation sites (tertiary alicyclic amines) is 1. The van der Waals surface area contributed by atoms with Crippen LogP contribution in [-0.2, 0) is 4.74 Å². The molecule has 4 heteroatoms. The third-order valence-electron chi connectivity index (χ3n) is 4.30. The second-order valence-corrected chi connectivity index (χ2v) is 6.10. The van der Waals surface area contributed by atoms with Crippen molar-refractivity contribution in [2.75, 3.05) is 33.4 Å². The predicted octanol–water partition coefficient (Wildman–Crippen LogP) is 2.59. The van der Waals surface area contributed by atoms with Crippen LogP contribution in [0.4, 0.5) is 0 Å². The Labute approximate surface area is 128 Å². The fraction of sp³-hybridized carbons (Fsp3) is 0.647. The number of nitrogens with two attached hydrogens (primary N) is 1. The number of hydrogen-bond donors (Lipinski definition) is 1. The fourth-order valence-electron chi connectivity index (χ4n) is 2.99. The zero-order valence-electron chi connectivity index (χ0n) is 13.5. The third kappa shape index (κ3) is 4.43. The first-order valence-corrected chi connectivity index (χ1v) is 7.82. The van der Waals surface area contributed by atoms with E-state index >= 15 is 0 Å². The lowest BCUT2D eigenvalue weighted by molar-refractivity contribution is -0.0516. The Hall–Kier alpha value is -1.10. The van der Waals surface area contributed by atoms with Crippen molar-refractivity contribution in [3.05, 3.63) is 29.8 Å². The summed E-state index contributed by atoms with van der Waals surface area (Å²) < 4.78 is 11.1. The molecule has 2 rings (SSSR count). The molecule has 2 atom stereocenters. The van der Waals surface area contributed by atoms with Gasteiger partial charge in [-0.15, -0.1) is 0 Å². The molecule has 1 aromatic carbocycles. The van der Waals surface area contributed by atoms with Gasteiger partial charge in [0.25, 0.3) is 0 Å². The van der Waals surface area contributed by atoms with Gasteiger partial charge in [-0.05, 0) is 50.9 Å². The predicted molar refractivity (Wildman–Crippen MR) is 85.6 cm³/mol. The molecule has 0 saturated carbocycles. The molecule has 1 aromatic rings. The van der Waals surface area contributed by atoms with Crippen molar-refractivity contribution in [1.29, 1.82) is 0 Å². The van der Waals surface area contributed by atoms with E-state index in [1.54, 1.807) is 7.11 Å².